The van der Waals surface area contributed by atoms with Crippen LogP contribution in [0.2, 0.25) is 0 Å². The maximum atomic E-state index is 13.3. The number of anilines is 2. The Hall–Kier alpha value is -2.09. The SMILES string of the molecule is NCCc1nnc(Nc2cc(F)cc(F)c2F)o1. The summed E-state index contributed by atoms with van der Waals surface area (Å²) in [4.78, 5) is 0. The van der Waals surface area contributed by atoms with Crippen molar-refractivity contribution in [3.63, 3.8) is 0 Å². The van der Waals surface area contributed by atoms with Gasteiger partial charge < -0.3 is 15.5 Å². The fourth-order valence-electron chi connectivity index (χ4n) is 1.29. The number of hydrogen-bond acceptors (Lipinski definition) is 5. The number of halogens is 3. The Morgan fingerprint density at radius 3 is 2.72 bits per heavy atom. The molecule has 18 heavy (non-hydrogen) atoms. The molecule has 5 nitrogen and oxygen atoms in total. The summed E-state index contributed by atoms with van der Waals surface area (Å²) in [6.45, 7) is 0.310. The minimum Gasteiger partial charge on any atom is -0.408 e. The molecule has 0 radical (unpaired) electrons. The maximum absolute atomic E-state index is 13.3. The van der Waals surface area contributed by atoms with E-state index in [9.17, 15) is 13.2 Å². The highest BCUT2D eigenvalue weighted by atomic mass is 19.2. The van der Waals surface area contributed by atoms with Crippen molar-refractivity contribution in [3.05, 3.63) is 35.5 Å². The van der Waals surface area contributed by atoms with E-state index < -0.39 is 23.1 Å². The highest BCUT2D eigenvalue weighted by molar-refractivity contribution is 5.53. The zero-order chi connectivity index (χ0) is 13.1. The monoisotopic (exact) mass is 258 g/mol. The average Bonchev–Trinajstić information content (AvgIpc) is 2.73. The van der Waals surface area contributed by atoms with Crippen LogP contribution in [-0.2, 0) is 6.42 Å². The Morgan fingerprint density at radius 2 is 2.00 bits per heavy atom. The van der Waals surface area contributed by atoms with Gasteiger partial charge in [-0.1, -0.05) is 5.10 Å². The van der Waals surface area contributed by atoms with Crippen LogP contribution in [-0.4, -0.2) is 16.7 Å². The van der Waals surface area contributed by atoms with Crippen LogP contribution < -0.4 is 11.1 Å². The minimum absolute atomic E-state index is 0.164. The molecule has 2 aromatic rings. The van der Waals surface area contributed by atoms with Crippen molar-refractivity contribution in [2.45, 2.75) is 6.42 Å². The van der Waals surface area contributed by atoms with Gasteiger partial charge >= 0.3 is 6.01 Å². The van der Waals surface area contributed by atoms with Crippen LogP contribution in [0.1, 0.15) is 5.89 Å². The lowest BCUT2D eigenvalue weighted by Crippen LogP contribution is -2.02. The molecule has 0 amide bonds. The summed E-state index contributed by atoms with van der Waals surface area (Å²) >= 11 is 0. The third-order valence-corrected chi connectivity index (χ3v) is 2.06. The summed E-state index contributed by atoms with van der Waals surface area (Å²) in [5.41, 5.74) is 4.86. The minimum atomic E-state index is -1.31. The first-order chi connectivity index (χ1) is 8.60. The van der Waals surface area contributed by atoms with Crippen LogP contribution in [0.3, 0.4) is 0 Å². The molecule has 0 saturated heterocycles. The molecular formula is C10H9F3N4O. The first kappa shape index (κ1) is 12.4. The zero-order valence-corrected chi connectivity index (χ0v) is 9.08. The molecule has 0 bridgehead atoms. The number of nitrogens with zero attached hydrogens (tertiary/aromatic N) is 2. The molecule has 0 fully saturated rings. The second-order valence-electron chi connectivity index (χ2n) is 3.41. The van der Waals surface area contributed by atoms with Crippen LogP contribution in [0, 0.1) is 17.5 Å². The largest absolute Gasteiger partial charge is 0.408 e. The van der Waals surface area contributed by atoms with Crippen LogP contribution in [0.15, 0.2) is 16.5 Å². The Kier molecular flexibility index (Phi) is 3.47. The Balaban J connectivity index is 2.22. The molecule has 0 spiro atoms. The predicted octanol–water partition coefficient (Wildman–Crippen LogP) is 1.73. The molecule has 0 saturated carbocycles. The van der Waals surface area contributed by atoms with Gasteiger partial charge in [0.15, 0.2) is 11.6 Å². The molecule has 0 aliphatic carbocycles. The predicted molar refractivity (Wildman–Crippen MR) is 56.7 cm³/mol. The van der Waals surface area contributed by atoms with Gasteiger partial charge in [-0.25, -0.2) is 13.2 Å². The number of hydrogen-bond donors (Lipinski definition) is 2. The summed E-state index contributed by atoms with van der Waals surface area (Å²) in [5.74, 6) is -3.20. The lowest BCUT2D eigenvalue weighted by atomic mass is 10.3. The van der Waals surface area contributed by atoms with Gasteiger partial charge in [0.2, 0.25) is 5.89 Å². The molecule has 1 heterocycles. The van der Waals surface area contributed by atoms with Crippen LogP contribution in [0.5, 0.6) is 0 Å². The third-order valence-electron chi connectivity index (χ3n) is 2.06. The van der Waals surface area contributed by atoms with E-state index in [1.165, 1.54) is 0 Å². The first-order valence-electron chi connectivity index (χ1n) is 5.04. The fourth-order valence-corrected chi connectivity index (χ4v) is 1.29. The Labute approximate surface area is 99.8 Å². The van der Waals surface area contributed by atoms with Gasteiger partial charge in [0.25, 0.3) is 0 Å². The summed E-state index contributed by atoms with van der Waals surface area (Å²) in [6.07, 6.45) is 0.356. The van der Waals surface area contributed by atoms with Gasteiger partial charge in [-0.2, -0.15) is 0 Å². The van der Waals surface area contributed by atoms with Crippen molar-refractivity contribution >= 4 is 11.7 Å². The number of nitrogens with two attached hydrogens (primary N) is 1. The van der Waals surface area contributed by atoms with E-state index in [4.69, 9.17) is 10.2 Å². The smallest absolute Gasteiger partial charge is 0.320 e. The number of benzene rings is 1. The van der Waals surface area contributed by atoms with E-state index in [0.717, 1.165) is 6.07 Å². The normalized spacial score (nSPS) is 10.7. The Bertz CT molecular complexity index is 558. The molecule has 3 N–H and O–H groups in total. The standard InChI is InChI=1S/C10H9F3N4O/c11-5-3-6(12)9(13)7(4-5)15-10-17-16-8(18-10)1-2-14/h3-4H,1-2,14H2,(H,15,17). The molecule has 96 valence electrons. The zero-order valence-electron chi connectivity index (χ0n) is 9.08. The van der Waals surface area contributed by atoms with Crippen molar-refractivity contribution in [3.8, 4) is 0 Å². The summed E-state index contributed by atoms with van der Waals surface area (Å²) in [5, 5.41) is 9.44. The van der Waals surface area contributed by atoms with Crippen molar-refractivity contribution in [1.82, 2.24) is 10.2 Å². The van der Waals surface area contributed by atoms with Gasteiger partial charge in [0.05, 0.1) is 5.69 Å². The van der Waals surface area contributed by atoms with E-state index in [1.54, 1.807) is 0 Å². The Morgan fingerprint density at radius 1 is 1.22 bits per heavy atom. The molecule has 2 rings (SSSR count). The molecule has 0 unspecified atom stereocenters. The van der Waals surface area contributed by atoms with E-state index in [1.807, 2.05) is 0 Å². The molecule has 0 aliphatic heterocycles. The second-order valence-corrected chi connectivity index (χ2v) is 3.41. The van der Waals surface area contributed by atoms with E-state index in [0.29, 0.717) is 19.0 Å². The quantitative estimate of drug-likeness (QED) is 0.817. The lowest BCUT2D eigenvalue weighted by Gasteiger charge is -2.03. The molecule has 0 atom stereocenters. The summed E-state index contributed by atoms with van der Waals surface area (Å²) in [7, 11) is 0. The van der Waals surface area contributed by atoms with Crippen LogP contribution >= 0.6 is 0 Å². The van der Waals surface area contributed by atoms with E-state index >= 15 is 0 Å². The molecule has 1 aromatic carbocycles. The van der Waals surface area contributed by atoms with Crippen LogP contribution in [0.4, 0.5) is 24.9 Å². The average molecular weight is 258 g/mol. The van der Waals surface area contributed by atoms with Gasteiger partial charge in [0.1, 0.15) is 5.82 Å². The number of nitrogens with one attached hydrogen (secondary N) is 1. The second kappa shape index (κ2) is 5.05. The topological polar surface area (TPSA) is 77.0 Å². The van der Waals surface area contributed by atoms with E-state index in [-0.39, 0.29) is 11.9 Å². The first-order valence-corrected chi connectivity index (χ1v) is 5.04. The van der Waals surface area contributed by atoms with E-state index in [2.05, 4.69) is 15.5 Å². The molecule has 1 aromatic heterocycles. The van der Waals surface area contributed by atoms with Crippen molar-refractivity contribution in [2.75, 3.05) is 11.9 Å². The molecular weight excluding hydrogens is 249 g/mol. The highest BCUT2D eigenvalue weighted by Crippen LogP contribution is 2.22. The molecule has 0 aliphatic rings. The van der Waals surface area contributed by atoms with Gasteiger partial charge in [0, 0.05) is 25.1 Å². The lowest BCUT2D eigenvalue weighted by molar-refractivity contribution is 0.493. The maximum Gasteiger partial charge on any atom is 0.320 e. The van der Waals surface area contributed by atoms with Crippen LogP contribution in [0.25, 0.3) is 0 Å². The third kappa shape index (κ3) is 2.59. The van der Waals surface area contributed by atoms with Crippen molar-refractivity contribution in [2.24, 2.45) is 5.73 Å². The summed E-state index contributed by atoms with van der Waals surface area (Å²) < 4.78 is 44.2. The highest BCUT2D eigenvalue weighted by Gasteiger charge is 2.13. The van der Waals surface area contributed by atoms with Gasteiger partial charge in [-0.15, -0.1) is 5.10 Å². The molecule has 8 heteroatoms. The number of aromatic nitrogens is 2. The van der Waals surface area contributed by atoms with Crippen molar-refractivity contribution in [1.29, 1.82) is 0 Å². The fraction of sp³-hybridized carbons (Fsp3) is 0.200. The number of rotatable bonds is 4. The van der Waals surface area contributed by atoms with Gasteiger partial charge in [-0.05, 0) is 0 Å². The summed E-state index contributed by atoms with van der Waals surface area (Å²) in [6, 6.07) is 1.06. The van der Waals surface area contributed by atoms with Crippen molar-refractivity contribution < 1.29 is 17.6 Å². The van der Waals surface area contributed by atoms with Gasteiger partial charge in [-0.3, -0.25) is 0 Å².